The number of alkyl halides is 3. The molecular weight excluding hydrogens is 341 g/mol. The molecule has 8 heteroatoms. The van der Waals surface area contributed by atoms with Gasteiger partial charge in [0.25, 0.3) is 0 Å². The van der Waals surface area contributed by atoms with Crippen LogP contribution in [0.25, 0.3) is 0 Å². The van der Waals surface area contributed by atoms with Crippen LogP contribution in [-0.2, 0) is 17.9 Å². The number of rotatable bonds is 7. The minimum atomic E-state index is -4.41. The van der Waals surface area contributed by atoms with Crippen molar-refractivity contribution in [2.45, 2.75) is 18.7 Å². The molecule has 2 rings (SSSR count). The molecule has 0 aliphatic heterocycles. The fraction of sp³-hybridized carbons (Fsp3) is 0.250. The van der Waals surface area contributed by atoms with E-state index < -0.39 is 17.2 Å². The quantitative estimate of drug-likeness (QED) is 0.825. The summed E-state index contributed by atoms with van der Waals surface area (Å²) in [7, 11) is 0. The highest BCUT2D eigenvalue weighted by Gasteiger charge is 2.29. The van der Waals surface area contributed by atoms with Crippen LogP contribution in [0.15, 0.2) is 48.7 Å². The second kappa shape index (κ2) is 8.58. The van der Waals surface area contributed by atoms with E-state index in [9.17, 15) is 18.0 Å². The number of hydrogen-bond donors (Lipinski definition) is 1. The van der Waals surface area contributed by atoms with Gasteiger partial charge in [-0.15, -0.1) is 0 Å². The summed E-state index contributed by atoms with van der Waals surface area (Å²) in [5, 5.41) is 2.43. The Balaban J connectivity index is 1.81. The third-order valence-electron chi connectivity index (χ3n) is 2.89. The van der Waals surface area contributed by atoms with Crippen molar-refractivity contribution in [3.05, 3.63) is 59.8 Å². The molecule has 0 bridgehead atoms. The minimum Gasteiger partial charge on any atom is -0.473 e. The molecule has 1 N–H and O–H groups in total. The Morgan fingerprint density at radius 1 is 1.17 bits per heavy atom. The summed E-state index contributed by atoms with van der Waals surface area (Å²) >= 11 is -0.363. The van der Waals surface area contributed by atoms with Crippen molar-refractivity contribution in [2.24, 2.45) is 0 Å². The molecule has 4 nitrogen and oxygen atoms in total. The number of nitrogens with zero attached hydrogens (tertiary/aromatic N) is 1. The summed E-state index contributed by atoms with van der Waals surface area (Å²) in [5.74, 6) is -0.956. The molecule has 2 aromatic rings. The van der Waals surface area contributed by atoms with Crippen LogP contribution in [0.1, 0.15) is 11.1 Å². The lowest BCUT2D eigenvalue weighted by Crippen LogP contribution is -2.25. The maximum absolute atomic E-state index is 12.0. The first-order chi connectivity index (χ1) is 11.4. The lowest BCUT2D eigenvalue weighted by Gasteiger charge is -2.09. The van der Waals surface area contributed by atoms with Crippen molar-refractivity contribution in [3.8, 4) is 5.88 Å². The first-order valence-corrected chi connectivity index (χ1v) is 8.00. The van der Waals surface area contributed by atoms with Gasteiger partial charge in [-0.25, -0.2) is 4.98 Å². The maximum Gasteiger partial charge on any atom is 0.442 e. The van der Waals surface area contributed by atoms with E-state index in [4.69, 9.17) is 4.74 Å². The monoisotopic (exact) mass is 356 g/mol. The predicted molar refractivity (Wildman–Crippen MR) is 85.4 cm³/mol. The van der Waals surface area contributed by atoms with Crippen LogP contribution in [-0.4, -0.2) is 22.2 Å². The number of hydrogen-bond acceptors (Lipinski definition) is 4. The Morgan fingerprint density at radius 2 is 1.92 bits per heavy atom. The number of amides is 1. The van der Waals surface area contributed by atoms with Gasteiger partial charge in [0.15, 0.2) is 0 Å². The van der Waals surface area contributed by atoms with Gasteiger partial charge in [0.05, 0.1) is 5.75 Å². The van der Waals surface area contributed by atoms with Gasteiger partial charge in [-0.1, -0.05) is 30.3 Å². The highest BCUT2D eigenvalue weighted by Crippen LogP contribution is 2.29. The van der Waals surface area contributed by atoms with Crippen LogP contribution in [0.5, 0.6) is 5.88 Å². The second-order valence-electron chi connectivity index (χ2n) is 4.79. The summed E-state index contributed by atoms with van der Waals surface area (Å²) in [4.78, 5) is 15.4. The highest BCUT2D eigenvalue weighted by molar-refractivity contribution is 8.00. The van der Waals surface area contributed by atoms with E-state index in [1.165, 1.54) is 6.20 Å². The smallest absolute Gasteiger partial charge is 0.442 e. The third-order valence-corrected chi connectivity index (χ3v) is 3.62. The van der Waals surface area contributed by atoms with Gasteiger partial charge >= 0.3 is 5.51 Å². The molecule has 0 aliphatic rings. The van der Waals surface area contributed by atoms with Crippen molar-refractivity contribution >= 4 is 17.7 Å². The van der Waals surface area contributed by atoms with Crippen molar-refractivity contribution in [3.63, 3.8) is 0 Å². The van der Waals surface area contributed by atoms with E-state index in [1.807, 2.05) is 30.3 Å². The van der Waals surface area contributed by atoms with E-state index in [1.54, 1.807) is 12.1 Å². The number of carbonyl (C=O) groups is 1. The fourth-order valence-electron chi connectivity index (χ4n) is 1.77. The Morgan fingerprint density at radius 3 is 2.62 bits per heavy atom. The van der Waals surface area contributed by atoms with Crippen LogP contribution in [0.4, 0.5) is 13.2 Å². The molecule has 1 aromatic carbocycles. The normalized spacial score (nSPS) is 11.1. The Bertz CT molecular complexity index is 666. The second-order valence-corrected chi connectivity index (χ2v) is 5.83. The van der Waals surface area contributed by atoms with Crippen molar-refractivity contribution < 1.29 is 22.7 Å². The molecule has 0 fully saturated rings. The molecule has 128 valence electrons. The molecule has 0 spiro atoms. The lowest BCUT2D eigenvalue weighted by molar-refractivity contribution is -0.119. The average Bonchev–Trinajstić information content (AvgIpc) is 2.57. The van der Waals surface area contributed by atoms with Crippen LogP contribution >= 0.6 is 11.8 Å². The number of carbonyl (C=O) groups excluding carboxylic acids is 1. The first kappa shape index (κ1) is 18.1. The number of halogens is 3. The molecule has 0 atom stereocenters. The number of ether oxygens (including phenoxy) is 1. The highest BCUT2D eigenvalue weighted by atomic mass is 32.2. The molecule has 0 saturated heterocycles. The van der Waals surface area contributed by atoms with Crippen LogP contribution in [0, 0.1) is 0 Å². The van der Waals surface area contributed by atoms with Gasteiger partial charge < -0.3 is 10.1 Å². The van der Waals surface area contributed by atoms with Crippen LogP contribution < -0.4 is 10.1 Å². The van der Waals surface area contributed by atoms with Gasteiger partial charge in [-0.2, -0.15) is 13.2 Å². The molecule has 1 heterocycles. The first-order valence-electron chi connectivity index (χ1n) is 7.01. The summed E-state index contributed by atoms with van der Waals surface area (Å²) in [6, 6.07) is 12.8. The lowest BCUT2D eigenvalue weighted by atomic mass is 10.2. The molecule has 0 aliphatic carbocycles. The average molecular weight is 356 g/mol. The van der Waals surface area contributed by atoms with Crippen LogP contribution in [0.2, 0.25) is 0 Å². The topological polar surface area (TPSA) is 51.2 Å². The van der Waals surface area contributed by atoms with Gasteiger partial charge in [0, 0.05) is 18.8 Å². The van der Waals surface area contributed by atoms with E-state index in [2.05, 4.69) is 10.3 Å². The van der Waals surface area contributed by atoms with Crippen LogP contribution in [0.3, 0.4) is 0 Å². The number of pyridine rings is 1. The van der Waals surface area contributed by atoms with Gasteiger partial charge in [-0.05, 0) is 29.0 Å². The van der Waals surface area contributed by atoms with Gasteiger partial charge in [-0.3, -0.25) is 4.79 Å². The Labute approximate surface area is 141 Å². The zero-order valence-corrected chi connectivity index (χ0v) is 13.4. The summed E-state index contributed by atoms with van der Waals surface area (Å²) in [6.07, 6.45) is 1.52. The largest absolute Gasteiger partial charge is 0.473 e. The predicted octanol–water partition coefficient (Wildman–Crippen LogP) is 3.53. The van der Waals surface area contributed by atoms with Crippen molar-refractivity contribution in [1.29, 1.82) is 0 Å². The molecule has 24 heavy (non-hydrogen) atoms. The fourth-order valence-corrected chi connectivity index (χ4v) is 2.17. The zero-order valence-electron chi connectivity index (χ0n) is 12.5. The molecule has 1 amide bonds. The van der Waals surface area contributed by atoms with Crippen molar-refractivity contribution in [1.82, 2.24) is 10.3 Å². The third kappa shape index (κ3) is 6.91. The van der Waals surface area contributed by atoms with Gasteiger partial charge in [0.1, 0.15) is 6.61 Å². The SMILES string of the molecule is O=C(CSC(F)(F)F)NCc1ccnc(OCc2ccccc2)c1. The molecule has 0 unspecified atom stereocenters. The van der Waals surface area contributed by atoms with Crippen molar-refractivity contribution in [2.75, 3.05) is 5.75 Å². The Kier molecular flexibility index (Phi) is 6.48. The van der Waals surface area contributed by atoms with E-state index in [0.29, 0.717) is 18.1 Å². The maximum atomic E-state index is 12.0. The zero-order chi connectivity index (χ0) is 17.4. The number of nitrogens with one attached hydrogen (secondary N) is 1. The molecular formula is C16H15F3N2O2S. The summed E-state index contributed by atoms with van der Waals surface area (Å²) < 4.78 is 41.6. The van der Waals surface area contributed by atoms with E-state index in [-0.39, 0.29) is 18.3 Å². The standard InChI is InChI=1S/C16H15F3N2O2S/c17-16(18,19)24-11-14(22)21-9-13-6-7-20-15(8-13)23-10-12-4-2-1-3-5-12/h1-8H,9-11H2,(H,21,22). The number of benzene rings is 1. The molecule has 0 radical (unpaired) electrons. The number of thioether (sulfide) groups is 1. The number of aromatic nitrogens is 1. The van der Waals surface area contributed by atoms with Gasteiger partial charge in [0.2, 0.25) is 11.8 Å². The Hall–Kier alpha value is -2.22. The molecule has 1 aromatic heterocycles. The minimum absolute atomic E-state index is 0.113. The van der Waals surface area contributed by atoms with E-state index in [0.717, 1.165) is 5.56 Å². The van der Waals surface area contributed by atoms with E-state index >= 15 is 0 Å². The summed E-state index contributed by atoms with van der Waals surface area (Å²) in [5.41, 5.74) is -2.73. The summed E-state index contributed by atoms with van der Waals surface area (Å²) in [6.45, 7) is 0.466. The molecule has 0 saturated carbocycles.